The highest BCUT2D eigenvalue weighted by Gasteiger charge is 2.05. The minimum Gasteiger partial charge on any atom is -0.493 e. The molecule has 1 N–H and O–H groups in total. The number of aromatic nitrogens is 1. The van der Waals surface area contributed by atoms with E-state index in [2.05, 4.69) is 10.3 Å². The van der Waals surface area contributed by atoms with Crippen LogP contribution in [0.4, 0.5) is 5.69 Å². The number of benzene rings is 2. The topological polar surface area (TPSA) is 60.5 Å². The second kappa shape index (κ2) is 7.49. The molecule has 0 aliphatic carbocycles. The largest absolute Gasteiger partial charge is 0.493 e. The van der Waals surface area contributed by atoms with E-state index in [9.17, 15) is 4.79 Å². The van der Waals surface area contributed by atoms with Gasteiger partial charge in [-0.1, -0.05) is 18.2 Å². The monoisotopic (exact) mass is 334 g/mol. The SMILES string of the molecule is COc1ccc(C=CC(=O)Nc2cccc3cnccc23)cc1OC. The van der Waals surface area contributed by atoms with E-state index >= 15 is 0 Å². The molecule has 0 atom stereocenters. The average molecular weight is 334 g/mol. The number of anilines is 1. The number of fused-ring (bicyclic) bond motifs is 1. The molecule has 5 heteroatoms. The zero-order chi connectivity index (χ0) is 17.6. The minimum absolute atomic E-state index is 0.209. The predicted molar refractivity (Wildman–Crippen MR) is 99.0 cm³/mol. The van der Waals surface area contributed by atoms with Crippen LogP contribution in [-0.2, 0) is 4.79 Å². The molecule has 3 aromatic rings. The molecule has 1 amide bonds. The Bertz CT molecular complexity index is 930. The molecule has 0 unspecified atom stereocenters. The molecular formula is C20H18N2O3. The fourth-order valence-corrected chi connectivity index (χ4v) is 2.53. The summed E-state index contributed by atoms with van der Waals surface area (Å²) in [4.78, 5) is 16.3. The van der Waals surface area contributed by atoms with Crippen LogP contribution < -0.4 is 14.8 Å². The van der Waals surface area contributed by atoms with Gasteiger partial charge in [-0.3, -0.25) is 9.78 Å². The normalized spacial score (nSPS) is 10.8. The van der Waals surface area contributed by atoms with Crippen LogP contribution in [0.25, 0.3) is 16.8 Å². The highest BCUT2D eigenvalue weighted by molar-refractivity contribution is 6.07. The van der Waals surface area contributed by atoms with Crippen LogP contribution in [0.3, 0.4) is 0 Å². The van der Waals surface area contributed by atoms with Crippen molar-refractivity contribution in [2.45, 2.75) is 0 Å². The Hall–Kier alpha value is -3.34. The average Bonchev–Trinajstić information content (AvgIpc) is 2.66. The molecule has 5 nitrogen and oxygen atoms in total. The number of methoxy groups -OCH3 is 2. The van der Waals surface area contributed by atoms with Gasteiger partial charge in [-0.15, -0.1) is 0 Å². The standard InChI is InChI=1S/C20H18N2O3/c1-24-18-8-6-14(12-19(18)25-2)7-9-20(23)22-17-5-3-4-15-13-21-11-10-16(15)17/h3-13H,1-2H3,(H,22,23). The predicted octanol–water partition coefficient (Wildman–Crippen LogP) is 3.90. The first-order chi connectivity index (χ1) is 12.2. The quantitative estimate of drug-likeness (QED) is 0.719. The number of rotatable bonds is 5. The molecule has 25 heavy (non-hydrogen) atoms. The molecule has 0 saturated carbocycles. The molecular weight excluding hydrogens is 316 g/mol. The maximum absolute atomic E-state index is 12.2. The molecule has 0 saturated heterocycles. The van der Waals surface area contributed by atoms with Gasteiger partial charge in [0, 0.05) is 34.9 Å². The summed E-state index contributed by atoms with van der Waals surface area (Å²) in [5.74, 6) is 1.05. The van der Waals surface area contributed by atoms with E-state index in [1.54, 1.807) is 38.8 Å². The Balaban J connectivity index is 1.77. The summed E-state index contributed by atoms with van der Waals surface area (Å²) in [6, 6.07) is 13.1. The molecule has 0 aliphatic heterocycles. The third kappa shape index (κ3) is 3.77. The molecule has 2 aromatic carbocycles. The van der Waals surface area contributed by atoms with Gasteiger partial charge in [0.15, 0.2) is 11.5 Å². The summed E-state index contributed by atoms with van der Waals surface area (Å²) in [5.41, 5.74) is 1.59. The van der Waals surface area contributed by atoms with Crippen LogP contribution in [0.1, 0.15) is 5.56 Å². The van der Waals surface area contributed by atoms with E-state index < -0.39 is 0 Å². The Morgan fingerprint density at radius 3 is 2.72 bits per heavy atom. The van der Waals surface area contributed by atoms with Gasteiger partial charge in [0.1, 0.15) is 0 Å². The number of nitrogens with one attached hydrogen (secondary N) is 1. The lowest BCUT2D eigenvalue weighted by Gasteiger charge is -2.08. The molecule has 0 radical (unpaired) electrons. The highest BCUT2D eigenvalue weighted by atomic mass is 16.5. The van der Waals surface area contributed by atoms with Crippen molar-refractivity contribution in [2.24, 2.45) is 0 Å². The molecule has 0 fully saturated rings. The van der Waals surface area contributed by atoms with Crippen molar-refractivity contribution in [1.82, 2.24) is 4.98 Å². The van der Waals surface area contributed by atoms with Gasteiger partial charge in [0.25, 0.3) is 0 Å². The number of carbonyl (C=O) groups is 1. The van der Waals surface area contributed by atoms with Gasteiger partial charge in [0.05, 0.1) is 14.2 Å². The number of hydrogen-bond donors (Lipinski definition) is 1. The van der Waals surface area contributed by atoms with Crippen LogP contribution >= 0.6 is 0 Å². The van der Waals surface area contributed by atoms with Crippen LogP contribution in [0.5, 0.6) is 11.5 Å². The van der Waals surface area contributed by atoms with Crippen molar-refractivity contribution >= 4 is 28.4 Å². The van der Waals surface area contributed by atoms with Crippen molar-refractivity contribution in [3.8, 4) is 11.5 Å². The van der Waals surface area contributed by atoms with E-state index in [-0.39, 0.29) is 5.91 Å². The number of hydrogen-bond acceptors (Lipinski definition) is 4. The van der Waals surface area contributed by atoms with Crippen molar-refractivity contribution < 1.29 is 14.3 Å². The van der Waals surface area contributed by atoms with Gasteiger partial charge in [0.2, 0.25) is 5.91 Å². The number of carbonyl (C=O) groups excluding carboxylic acids is 1. The molecule has 3 rings (SSSR count). The number of amides is 1. The fourth-order valence-electron chi connectivity index (χ4n) is 2.53. The Kier molecular flexibility index (Phi) is 4.95. The second-order valence-corrected chi connectivity index (χ2v) is 5.34. The Morgan fingerprint density at radius 2 is 1.92 bits per heavy atom. The van der Waals surface area contributed by atoms with Crippen LogP contribution in [0, 0.1) is 0 Å². The van der Waals surface area contributed by atoms with Crippen molar-refractivity contribution in [3.05, 3.63) is 66.5 Å². The summed E-state index contributed by atoms with van der Waals surface area (Å²) in [6.45, 7) is 0. The first kappa shape index (κ1) is 16.5. The highest BCUT2D eigenvalue weighted by Crippen LogP contribution is 2.28. The number of ether oxygens (including phenoxy) is 2. The van der Waals surface area contributed by atoms with Crippen LogP contribution in [0.15, 0.2) is 60.9 Å². The summed E-state index contributed by atoms with van der Waals surface area (Å²) in [5, 5.41) is 4.82. The number of nitrogens with zero attached hydrogens (tertiary/aromatic N) is 1. The van der Waals surface area contributed by atoms with E-state index in [1.807, 2.05) is 36.4 Å². The summed E-state index contributed by atoms with van der Waals surface area (Å²) < 4.78 is 10.5. The van der Waals surface area contributed by atoms with Gasteiger partial charge in [-0.25, -0.2) is 0 Å². The molecule has 126 valence electrons. The lowest BCUT2D eigenvalue weighted by Crippen LogP contribution is -2.08. The minimum atomic E-state index is -0.209. The van der Waals surface area contributed by atoms with Crippen molar-refractivity contribution in [2.75, 3.05) is 19.5 Å². The van der Waals surface area contributed by atoms with E-state index in [4.69, 9.17) is 9.47 Å². The molecule has 1 heterocycles. The van der Waals surface area contributed by atoms with Gasteiger partial charge in [-0.2, -0.15) is 0 Å². The van der Waals surface area contributed by atoms with Crippen molar-refractivity contribution in [1.29, 1.82) is 0 Å². The Morgan fingerprint density at radius 1 is 1.08 bits per heavy atom. The molecule has 0 aliphatic rings. The Labute approximate surface area is 145 Å². The summed E-state index contributed by atoms with van der Waals surface area (Å²) in [6.07, 6.45) is 6.69. The van der Waals surface area contributed by atoms with E-state index in [1.165, 1.54) is 6.08 Å². The van der Waals surface area contributed by atoms with Gasteiger partial charge >= 0.3 is 0 Å². The first-order valence-electron chi connectivity index (χ1n) is 7.75. The molecule has 1 aromatic heterocycles. The lowest BCUT2D eigenvalue weighted by molar-refractivity contribution is -0.111. The second-order valence-electron chi connectivity index (χ2n) is 5.34. The van der Waals surface area contributed by atoms with E-state index in [0.717, 1.165) is 22.0 Å². The molecule has 0 spiro atoms. The number of pyridine rings is 1. The van der Waals surface area contributed by atoms with Crippen LogP contribution in [-0.4, -0.2) is 25.1 Å². The van der Waals surface area contributed by atoms with E-state index in [0.29, 0.717) is 11.5 Å². The molecule has 0 bridgehead atoms. The third-order valence-electron chi connectivity index (χ3n) is 3.77. The smallest absolute Gasteiger partial charge is 0.248 e. The maximum Gasteiger partial charge on any atom is 0.248 e. The summed E-state index contributed by atoms with van der Waals surface area (Å²) >= 11 is 0. The van der Waals surface area contributed by atoms with Crippen molar-refractivity contribution in [3.63, 3.8) is 0 Å². The zero-order valence-corrected chi connectivity index (χ0v) is 14.0. The van der Waals surface area contributed by atoms with Gasteiger partial charge < -0.3 is 14.8 Å². The van der Waals surface area contributed by atoms with Gasteiger partial charge in [-0.05, 0) is 35.9 Å². The fraction of sp³-hybridized carbons (Fsp3) is 0.100. The lowest BCUT2D eigenvalue weighted by atomic mass is 10.1. The maximum atomic E-state index is 12.2. The third-order valence-corrected chi connectivity index (χ3v) is 3.77. The summed E-state index contributed by atoms with van der Waals surface area (Å²) in [7, 11) is 3.16. The zero-order valence-electron chi connectivity index (χ0n) is 14.0. The van der Waals surface area contributed by atoms with Crippen LogP contribution in [0.2, 0.25) is 0 Å². The first-order valence-corrected chi connectivity index (χ1v) is 7.75.